The Bertz CT molecular complexity index is 1330. The average molecular weight is 478 g/mol. The lowest BCUT2D eigenvalue weighted by atomic mass is 10.0. The Morgan fingerprint density at radius 3 is 2.35 bits per heavy atom. The highest BCUT2D eigenvalue weighted by Crippen LogP contribution is 2.30. The van der Waals surface area contributed by atoms with Crippen molar-refractivity contribution in [3.8, 4) is 22.3 Å². The van der Waals surface area contributed by atoms with Crippen molar-refractivity contribution in [1.82, 2.24) is 19.9 Å². The van der Waals surface area contributed by atoms with Crippen LogP contribution in [0.25, 0.3) is 27.9 Å². The van der Waals surface area contributed by atoms with Gasteiger partial charge in [0.1, 0.15) is 11.0 Å². The molecule has 4 aromatic rings. The Labute approximate surface area is 202 Å². The van der Waals surface area contributed by atoms with Crippen LogP contribution < -0.4 is 21.1 Å². The molecule has 3 unspecified atom stereocenters. The predicted octanol–water partition coefficient (Wildman–Crippen LogP) is 3.45. The fourth-order valence-corrected chi connectivity index (χ4v) is 5.11. The number of aromatic nitrogens is 3. The largest absolute Gasteiger partial charge is 0.398 e. The lowest BCUT2D eigenvalue weighted by Gasteiger charge is -2.41. The van der Waals surface area contributed by atoms with Crippen molar-refractivity contribution >= 4 is 28.0 Å². The molecular formula is C25H31N7OS. The van der Waals surface area contributed by atoms with Gasteiger partial charge < -0.3 is 16.0 Å². The molecule has 2 aromatic heterocycles. The molecule has 0 spiro atoms. The number of rotatable bonds is 4. The number of hydrogen-bond donors (Lipinski definition) is 3. The Morgan fingerprint density at radius 1 is 1.00 bits per heavy atom. The second kappa shape index (κ2) is 9.54. The molecule has 8 nitrogen and oxygen atoms in total. The SMILES string of the molecule is C.CC1CNCC(C)N1c1ccc(-c2cnc3c(-c4ccc(N)c(S(N)=O)c4)cnn3c2)cc1. The molecule has 178 valence electrons. The van der Waals surface area contributed by atoms with Crippen molar-refractivity contribution < 1.29 is 4.21 Å². The number of nitrogen functional groups attached to an aromatic ring is 1. The maximum Gasteiger partial charge on any atom is 0.162 e. The molecule has 3 heterocycles. The van der Waals surface area contributed by atoms with Crippen molar-refractivity contribution in [1.29, 1.82) is 0 Å². The molecule has 0 aliphatic carbocycles. The van der Waals surface area contributed by atoms with E-state index in [9.17, 15) is 4.21 Å². The number of fused-ring (bicyclic) bond motifs is 1. The molecule has 0 amide bonds. The number of benzene rings is 2. The maximum atomic E-state index is 11.8. The first-order chi connectivity index (χ1) is 15.9. The van der Waals surface area contributed by atoms with Crippen LogP contribution in [0, 0.1) is 0 Å². The number of nitrogens with two attached hydrogens (primary N) is 2. The molecule has 2 aromatic carbocycles. The van der Waals surface area contributed by atoms with Crippen LogP contribution in [0.1, 0.15) is 21.3 Å². The van der Waals surface area contributed by atoms with Gasteiger partial charge in [0.15, 0.2) is 5.65 Å². The zero-order chi connectivity index (χ0) is 23.1. The highest BCUT2D eigenvalue weighted by atomic mass is 32.2. The molecule has 1 saturated heterocycles. The fourth-order valence-electron chi connectivity index (χ4n) is 4.57. The minimum Gasteiger partial charge on any atom is -0.398 e. The third kappa shape index (κ3) is 4.29. The summed E-state index contributed by atoms with van der Waals surface area (Å²) in [6.45, 7) is 6.48. The van der Waals surface area contributed by atoms with E-state index in [0.29, 0.717) is 28.3 Å². The van der Waals surface area contributed by atoms with Crippen molar-refractivity contribution in [2.24, 2.45) is 5.14 Å². The molecule has 0 saturated carbocycles. The lowest BCUT2D eigenvalue weighted by molar-refractivity contribution is 0.432. The summed E-state index contributed by atoms with van der Waals surface area (Å²) in [5.74, 6) is 0. The van der Waals surface area contributed by atoms with Gasteiger partial charge in [-0.15, -0.1) is 0 Å². The Balaban J connectivity index is 0.00000274. The normalized spacial score (nSPS) is 19.1. The van der Waals surface area contributed by atoms with E-state index in [1.165, 1.54) is 5.69 Å². The Hall–Kier alpha value is -3.27. The van der Waals surface area contributed by atoms with E-state index in [0.717, 1.165) is 35.3 Å². The van der Waals surface area contributed by atoms with Gasteiger partial charge in [-0.1, -0.05) is 25.6 Å². The van der Waals surface area contributed by atoms with E-state index in [2.05, 4.69) is 58.4 Å². The molecule has 34 heavy (non-hydrogen) atoms. The van der Waals surface area contributed by atoms with Gasteiger partial charge in [-0.25, -0.2) is 18.8 Å². The van der Waals surface area contributed by atoms with Crippen LogP contribution in [-0.2, 0) is 11.0 Å². The summed E-state index contributed by atoms with van der Waals surface area (Å²) in [6.07, 6.45) is 5.57. The zero-order valence-electron chi connectivity index (χ0n) is 18.6. The van der Waals surface area contributed by atoms with E-state index in [-0.39, 0.29) is 7.43 Å². The van der Waals surface area contributed by atoms with Crippen LogP contribution in [-0.4, -0.2) is 44.0 Å². The van der Waals surface area contributed by atoms with Crippen LogP contribution >= 0.6 is 0 Å². The third-order valence-electron chi connectivity index (χ3n) is 6.23. The number of nitrogens with zero attached hydrogens (tertiary/aromatic N) is 4. The van der Waals surface area contributed by atoms with Gasteiger partial charge in [-0.3, -0.25) is 0 Å². The molecule has 3 atom stereocenters. The summed E-state index contributed by atoms with van der Waals surface area (Å²) in [4.78, 5) is 7.54. The van der Waals surface area contributed by atoms with Crippen molar-refractivity contribution in [3.05, 3.63) is 61.1 Å². The standard InChI is InChI=1S/C24H27N7OS.CH4/c1-15-10-27-11-16(2)31(15)20-6-3-17(4-7-20)19-12-28-24-21(13-29-30(24)14-19)18-5-8-22(25)23(9-18)33(26)32;/h3-9,12-16,27H,10-11,25-26H2,1-2H3;1H4. The molecule has 1 fully saturated rings. The minimum absolute atomic E-state index is 0. The summed E-state index contributed by atoms with van der Waals surface area (Å²) in [5.41, 5.74) is 11.9. The van der Waals surface area contributed by atoms with Crippen molar-refractivity contribution in [3.63, 3.8) is 0 Å². The van der Waals surface area contributed by atoms with Crippen molar-refractivity contribution in [2.75, 3.05) is 23.7 Å². The van der Waals surface area contributed by atoms with Crippen LogP contribution in [0.4, 0.5) is 11.4 Å². The number of piperazine rings is 1. The number of hydrogen-bond acceptors (Lipinski definition) is 6. The first-order valence-electron chi connectivity index (χ1n) is 10.9. The molecule has 5 N–H and O–H groups in total. The van der Waals surface area contributed by atoms with Gasteiger partial charge in [0.05, 0.1) is 11.1 Å². The van der Waals surface area contributed by atoms with Crippen LogP contribution in [0.5, 0.6) is 0 Å². The first kappa shape index (κ1) is 23.9. The maximum absolute atomic E-state index is 11.8. The molecule has 9 heteroatoms. The second-order valence-electron chi connectivity index (χ2n) is 8.53. The Morgan fingerprint density at radius 2 is 1.68 bits per heavy atom. The zero-order valence-corrected chi connectivity index (χ0v) is 19.4. The van der Waals surface area contributed by atoms with Gasteiger partial charge >= 0.3 is 0 Å². The van der Waals surface area contributed by atoms with Crippen LogP contribution in [0.2, 0.25) is 0 Å². The lowest BCUT2D eigenvalue weighted by Crippen LogP contribution is -2.55. The summed E-state index contributed by atoms with van der Waals surface area (Å²) in [5, 5.41) is 13.5. The van der Waals surface area contributed by atoms with Gasteiger partial charge in [-0.05, 0) is 49.2 Å². The first-order valence-corrected chi connectivity index (χ1v) is 12.1. The number of anilines is 2. The third-order valence-corrected chi connectivity index (χ3v) is 7.01. The minimum atomic E-state index is -1.66. The van der Waals surface area contributed by atoms with E-state index in [1.807, 2.05) is 18.5 Å². The molecule has 0 radical (unpaired) electrons. The van der Waals surface area contributed by atoms with Gasteiger partial charge in [-0.2, -0.15) is 5.10 Å². The monoisotopic (exact) mass is 477 g/mol. The highest BCUT2D eigenvalue weighted by molar-refractivity contribution is 7.82. The smallest absolute Gasteiger partial charge is 0.162 e. The molecule has 0 bridgehead atoms. The quantitative estimate of drug-likeness (QED) is 0.388. The van der Waals surface area contributed by atoms with Gasteiger partial charge in [0.2, 0.25) is 0 Å². The van der Waals surface area contributed by atoms with Gasteiger partial charge in [0.25, 0.3) is 0 Å². The molecule has 1 aliphatic heterocycles. The summed E-state index contributed by atoms with van der Waals surface area (Å²) in [6, 6.07) is 14.8. The van der Waals surface area contributed by atoms with E-state index >= 15 is 0 Å². The van der Waals surface area contributed by atoms with E-state index < -0.39 is 11.0 Å². The second-order valence-corrected chi connectivity index (χ2v) is 9.56. The van der Waals surface area contributed by atoms with Gasteiger partial charge in [0, 0.05) is 60.1 Å². The summed E-state index contributed by atoms with van der Waals surface area (Å²) in [7, 11) is -1.66. The number of nitrogens with one attached hydrogen (secondary N) is 1. The van der Waals surface area contributed by atoms with E-state index in [4.69, 9.17) is 10.9 Å². The fraction of sp³-hybridized carbons (Fsp3) is 0.280. The van der Waals surface area contributed by atoms with Crippen LogP contribution in [0.15, 0.2) is 66.0 Å². The molecule has 1 aliphatic rings. The molecule has 5 rings (SSSR count). The Kier molecular flexibility index (Phi) is 6.70. The average Bonchev–Trinajstić information content (AvgIpc) is 3.23. The predicted molar refractivity (Wildman–Crippen MR) is 140 cm³/mol. The van der Waals surface area contributed by atoms with E-state index in [1.54, 1.807) is 22.8 Å². The summed E-state index contributed by atoms with van der Waals surface area (Å²) < 4.78 is 13.5. The highest BCUT2D eigenvalue weighted by Gasteiger charge is 2.24. The summed E-state index contributed by atoms with van der Waals surface area (Å²) >= 11 is 0. The topological polar surface area (TPSA) is 115 Å². The molecular weight excluding hydrogens is 446 g/mol. The van der Waals surface area contributed by atoms with Crippen LogP contribution in [0.3, 0.4) is 0 Å². The van der Waals surface area contributed by atoms with Crippen molar-refractivity contribution in [2.45, 2.75) is 38.3 Å².